The van der Waals surface area contributed by atoms with Crippen molar-refractivity contribution in [2.45, 2.75) is 20.4 Å². The van der Waals surface area contributed by atoms with E-state index < -0.39 is 5.82 Å². The number of nitrogens with zero attached hydrogens (tertiary/aromatic N) is 6. The van der Waals surface area contributed by atoms with Crippen LogP contribution in [0.25, 0.3) is 33.4 Å². The van der Waals surface area contributed by atoms with Gasteiger partial charge in [-0.1, -0.05) is 18.1 Å². The molecule has 0 saturated heterocycles. The number of amidine groups is 1. The summed E-state index contributed by atoms with van der Waals surface area (Å²) >= 11 is 0. The second-order valence-electron chi connectivity index (χ2n) is 8.12. The highest BCUT2D eigenvalue weighted by atomic mass is 19.1. The first-order chi connectivity index (χ1) is 17.9. The maximum Gasteiger partial charge on any atom is 0.321 e. The second-order valence-corrected chi connectivity index (χ2v) is 8.12. The molecule has 4 heterocycles. The summed E-state index contributed by atoms with van der Waals surface area (Å²) in [6, 6.07) is 6.22. The molecule has 1 aliphatic rings. The number of pyridine rings is 1. The molecule has 9 nitrogen and oxygen atoms in total. The number of fused-ring (bicyclic) bond motifs is 5. The third-order valence-corrected chi connectivity index (χ3v) is 5.96. The minimum atomic E-state index is -0.624. The third-order valence-electron chi connectivity index (χ3n) is 5.96. The van der Waals surface area contributed by atoms with Crippen LogP contribution in [0.3, 0.4) is 0 Å². The number of ether oxygens (including phenoxy) is 2. The molecule has 184 valence electrons. The number of anilines is 1. The standard InChI is InChI=1S/C27H22FN7O2/c1-5-15(3)34-27(30-4)37-20-8-7-16(11-19(20)28)22-23-25(29)32-14-33-26(23)35-9-10-36-21-12-17(6-2)31-13-18(21)24(22)35/h2,5,7-8,11-14H,4,9-10H2,1,3H3,(H2,29,32,33)/b15-5-,34-27+. The molecule has 0 aliphatic carbocycles. The molecule has 0 atom stereocenters. The van der Waals surface area contributed by atoms with Gasteiger partial charge in [0, 0.05) is 23.5 Å². The average Bonchev–Trinajstić information content (AvgIpc) is 3.12. The topological polar surface area (TPSA) is 113 Å². The largest absolute Gasteiger partial charge is 0.491 e. The van der Waals surface area contributed by atoms with Gasteiger partial charge in [-0.25, -0.2) is 29.3 Å². The molecular weight excluding hydrogens is 473 g/mol. The van der Waals surface area contributed by atoms with Crippen LogP contribution in [0.5, 0.6) is 11.5 Å². The number of aromatic nitrogens is 4. The van der Waals surface area contributed by atoms with E-state index in [1.165, 1.54) is 18.5 Å². The number of aliphatic imine (C=N–C) groups is 2. The Balaban J connectivity index is 1.72. The third kappa shape index (κ3) is 4.16. The number of nitrogens with two attached hydrogens (primary N) is 1. The van der Waals surface area contributed by atoms with E-state index in [2.05, 4.69) is 37.6 Å². The number of nitrogen functional groups attached to an aromatic ring is 1. The molecule has 0 bridgehead atoms. The van der Waals surface area contributed by atoms with Crippen molar-refractivity contribution in [1.29, 1.82) is 0 Å². The smallest absolute Gasteiger partial charge is 0.321 e. The minimum absolute atomic E-state index is 0.0540. The summed E-state index contributed by atoms with van der Waals surface area (Å²) in [5.74, 6) is 2.68. The van der Waals surface area contributed by atoms with Crippen LogP contribution in [0.15, 0.2) is 58.5 Å². The van der Waals surface area contributed by atoms with Gasteiger partial charge in [0.1, 0.15) is 35.8 Å². The van der Waals surface area contributed by atoms with E-state index >= 15 is 4.39 Å². The fraction of sp³-hybridized carbons (Fsp3) is 0.148. The molecule has 0 saturated carbocycles. The monoisotopic (exact) mass is 495 g/mol. The van der Waals surface area contributed by atoms with Crippen molar-refractivity contribution < 1.29 is 13.9 Å². The van der Waals surface area contributed by atoms with Gasteiger partial charge in [-0.2, -0.15) is 0 Å². The van der Waals surface area contributed by atoms with Crippen molar-refractivity contribution in [3.8, 4) is 46.2 Å². The van der Waals surface area contributed by atoms with Gasteiger partial charge in [0.05, 0.1) is 23.2 Å². The highest BCUT2D eigenvalue weighted by Crippen LogP contribution is 2.46. The quantitative estimate of drug-likeness (QED) is 0.252. The Bertz CT molecular complexity index is 1660. The molecule has 1 aromatic carbocycles. The summed E-state index contributed by atoms with van der Waals surface area (Å²) in [4.78, 5) is 20.9. The normalized spacial score (nSPS) is 13.2. The molecule has 5 rings (SSSR count). The number of halogens is 1. The van der Waals surface area contributed by atoms with Gasteiger partial charge < -0.3 is 19.8 Å². The van der Waals surface area contributed by atoms with Crippen LogP contribution in [0.1, 0.15) is 19.5 Å². The lowest BCUT2D eigenvalue weighted by molar-refractivity contribution is 0.308. The summed E-state index contributed by atoms with van der Waals surface area (Å²) in [6.07, 6.45) is 10.4. The van der Waals surface area contributed by atoms with Crippen molar-refractivity contribution in [2.24, 2.45) is 9.98 Å². The lowest BCUT2D eigenvalue weighted by atomic mass is 9.98. The number of hydrogen-bond donors (Lipinski definition) is 1. The van der Waals surface area contributed by atoms with Gasteiger partial charge in [0.2, 0.25) is 0 Å². The molecule has 3 aromatic heterocycles. The Morgan fingerprint density at radius 3 is 2.89 bits per heavy atom. The Hall–Kier alpha value is -5.04. The summed E-state index contributed by atoms with van der Waals surface area (Å²) in [7, 11) is 0. The van der Waals surface area contributed by atoms with E-state index in [1.807, 2.05) is 11.5 Å². The number of allylic oxidation sites excluding steroid dienone is 2. The van der Waals surface area contributed by atoms with Crippen LogP contribution in [0.2, 0.25) is 0 Å². The van der Waals surface area contributed by atoms with Crippen LogP contribution in [0.4, 0.5) is 10.2 Å². The van der Waals surface area contributed by atoms with Gasteiger partial charge in [-0.15, -0.1) is 6.42 Å². The van der Waals surface area contributed by atoms with Crippen LogP contribution < -0.4 is 15.2 Å². The van der Waals surface area contributed by atoms with Crippen molar-refractivity contribution in [3.63, 3.8) is 0 Å². The first-order valence-corrected chi connectivity index (χ1v) is 11.3. The van der Waals surface area contributed by atoms with E-state index in [9.17, 15) is 0 Å². The zero-order valence-electron chi connectivity index (χ0n) is 20.2. The van der Waals surface area contributed by atoms with Gasteiger partial charge in [-0.3, -0.25) is 0 Å². The van der Waals surface area contributed by atoms with E-state index in [4.69, 9.17) is 21.6 Å². The molecule has 2 N–H and O–H groups in total. The van der Waals surface area contributed by atoms with Gasteiger partial charge >= 0.3 is 6.02 Å². The predicted octanol–water partition coefficient (Wildman–Crippen LogP) is 4.61. The molecule has 4 aromatic rings. The summed E-state index contributed by atoms with van der Waals surface area (Å²) in [5.41, 5.74) is 10.6. The average molecular weight is 496 g/mol. The fourth-order valence-electron chi connectivity index (χ4n) is 4.18. The number of terminal acetylenes is 1. The second kappa shape index (κ2) is 9.54. The molecule has 10 heteroatoms. The zero-order valence-corrected chi connectivity index (χ0v) is 20.2. The van der Waals surface area contributed by atoms with Crippen LogP contribution in [-0.2, 0) is 6.54 Å². The maximum absolute atomic E-state index is 15.4. The Labute approximate surface area is 212 Å². The van der Waals surface area contributed by atoms with Crippen molar-refractivity contribution in [1.82, 2.24) is 19.5 Å². The van der Waals surface area contributed by atoms with E-state index in [-0.39, 0.29) is 17.6 Å². The summed E-state index contributed by atoms with van der Waals surface area (Å²) < 4.78 is 28.9. The van der Waals surface area contributed by atoms with Gasteiger partial charge in [0.15, 0.2) is 11.6 Å². The SMILES string of the molecule is C#Cc1cc2c(cn1)-c1c(-c3ccc(O/C(N=C)=N/C(C)=C\C)c(F)c3)c3c(N)ncnc3n1CCO2. The van der Waals surface area contributed by atoms with Gasteiger partial charge in [0.25, 0.3) is 0 Å². The van der Waals surface area contributed by atoms with Crippen LogP contribution in [0, 0.1) is 18.2 Å². The Morgan fingerprint density at radius 2 is 2.16 bits per heavy atom. The van der Waals surface area contributed by atoms with Crippen molar-refractivity contribution in [3.05, 3.63) is 60.1 Å². The molecule has 0 unspecified atom stereocenters. The highest BCUT2D eigenvalue weighted by molar-refractivity contribution is 6.08. The number of benzene rings is 1. The molecule has 0 fully saturated rings. The summed E-state index contributed by atoms with van der Waals surface area (Å²) in [5, 5.41) is 0.596. The number of rotatable bonds is 3. The van der Waals surface area contributed by atoms with Crippen LogP contribution in [-0.4, -0.2) is 38.9 Å². The lowest BCUT2D eigenvalue weighted by Crippen LogP contribution is -2.06. The van der Waals surface area contributed by atoms with Crippen LogP contribution >= 0.6 is 0 Å². The Morgan fingerprint density at radius 1 is 1.32 bits per heavy atom. The van der Waals surface area contributed by atoms with E-state index in [0.717, 1.165) is 5.69 Å². The number of hydrogen-bond acceptors (Lipinski definition) is 7. The Kier molecular flexibility index (Phi) is 6.11. The van der Waals surface area contributed by atoms with E-state index in [1.54, 1.807) is 31.3 Å². The minimum Gasteiger partial charge on any atom is -0.491 e. The molecular formula is C27H22FN7O2. The fourth-order valence-corrected chi connectivity index (χ4v) is 4.18. The molecule has 1 aliphatic heterocycles. The van der Waals surface area contributed by atoms with Crippen molar-refractivity contribution >= 4 is 29.6 Å². The predicted molar refractivity (Wildman–Crippen MR) is 141 cm³/mol. The molecule has 0 spiro atoms. The first-order valence-electron chi connectivity index (χ1n) is 11.3. The zero-order chi connectivity index (χ0) is 26.1. The molecule has 0 amide bonds. The van der Waals surface area contributed by atoms with Gasteiger partial charge in [-0.05, 0) is 38.3 Å². The first kappa shape index (κ1) is 23.7. The van der Waals surface area contributed by atoms with E-state index in [0.29, 0.717) is 58.0 Å². The van der Waals surface area contributed by atoms with Crippen molar-refractivity contribution in [2.75, 3.05) is 12.3 Å². The maximum atomic E-state index is 15.4. The molecule has 37 heavy (non-hydrogen) atoms. The summed E-state index contributed by atoms with van der Waals surface area (Å²) in [6.45, 7) is 7.88. The highest BCUT2D eigenvalue weighted by Gasteiger charge is 2.28. The molecule has 0 radical (unpaired) electrons. The lowest BCUT2D eigenvalue weighted by Gasteiger charge is -2.12.